The van der Waals surface area contributed by atoms with Crippen molar-refractivity contribution < 1.29 is 22.7 Å². The molecule has 3 aromatic rings. The standard InChI is InChI=1S/C20H19N3O5S/c1-23(2)29(26,27)16-10-8-15(9-11-16)21-19(24)13-28-20(25)18-12-7-14-5-3-4-6-17(14)22-18/h3-12H,13H2,1-2H3,(H,21,24). The van der Waals surface area contributed by atoms with E-state index in [1.165, 1.54) is 44.4 Å². The van der Waals surface area contributed by atoms with Crippen molar-refractivity contribution in [2.45, 2.75) is 4.90 Å². The van der Waals surface area contributed by atoms with Crippen LogP contribution in [0.4, 0.5) is 5.69 Å². The van der Waals surface area contributed by atoms with E-state index in [0.29, 0.717) is 11.2 Å². The second-order valence-electron chi connectivity index (χ2n) is 6.33. The molecule has 0 bridgehead atoms. The summed E-state index contributed by atoms with van der Waals surface area (Å²) in [6, 6.07) is 16.3. The van der Waals surface area contributed by atoms with Crippen molar-refractivity contribution in [2.24, 2.45) is 0 Å². The second-order valence-corrected chi connectivity index (χ2v) is 8.48. The molecule has 1 heterocycles. The van der Waals surface area contributed by atoms with Crippen LogP contribution in [0.3, 0.4) is 0 Å². The minimum Gasteiger partial charge on any atom is -0.451 e. The molecule has 1 N–H and O–H groups in total. The van der Waals surface area contributed by atoms with E-state index in [1.54, 1.807) is 12.1 Å². The summed E-state index contributed by atoms with van der Waals surface area (Å²) in [5, 5.41) is 3.43. The number of aromatic nitrogens is 1. The number of anilines is 1. The van der Waals surface area contributed by atoms with Gasteiger partial charge in [-0.05, 0) is 36.4 Å². The second kappa shape index (κ2) is 8.38. The van der Waals surface area contributed by atoms with Crippen molar-refractivity contribution >= 4 is 38.5 Å². The van der Waals surface area contributed by atoms with Gasteiger partial charge in [0.15, 0.2) is 6.61 Å². The van der Waals surface area contributed by atoms with Crippen LogP contribution in [0.15, 0.2) is 65.6 Å². The third-order valence-electron chi connectivity index (χ3n) is 4.06. The highest BCUT2D eigenvalue weighted by atomic mass is 32.2. The lowest BCUT2D eigenvalue weighted by molar-refractivity contribution is -0.119. The predicted octanol–water partition coefficient (Wildman–Crippen LogP) is 2.28. The Balaban J connectivity index is 1.58. The highest BCUT2D eigenvalue weighted by Crippen LogP contribution is 2.17. The minimum absolute atomic E-state index is 0.106. The summed E-state index contributed by atoms with van der Waals surface area (Å²) in [7, 11) is -0.677. The lowest BCUT2D eigenvalue weighted by Crippen LogP contribution is -2.23. The number of ether oxygens (including phenoxy) is 1. The van der Waals surface area contributed by atoms with Gasteiger partial charge < -0.3 is 10.1 Å². The number of nitrogens with zero attached hydrogens (tertiary/aromatic N) is 2. The smallest absolute Gasteiger partial charge is 0.357 e. The van der Waals surface area contributed by atoms with Gasteiger partial charge in [-0.3, -0.25) is 4.79 Å². The predicted molar refractivity (Wildman–Crippen MR) is 108 cm³/mol. The van der Waals surface area contributed by atoms with Crippen molar-refractivity contribution in [2.75, 3.05) is 26.0 Å². The van der Waals surface area contributed by atoms with E-state index in [0.717, 1.165) is 9.69 Å². The molecule has 0 unspecified atom stereocenters. The summed E-state index contributed by atoms with van der Waals surface area (Å²) in [4.78, 5) is 28.5. The Morgan fingerprint density at radius 1 is 1.00 bits per heavy atom. The van der Waals surface area contributed by atoms with Gasteiger partial charge in [0, 0.05) is 25.2 Å². The molecule has 0 aliphatic carbocycles. The Morgan fingerprint density at radius 3 is 2.38 bits per heavy atom. The first-order chi connectivity index (χ1) is 13.8. The Hall–Kier alpha value is -3.30. The van der Waals surface area contributed by atoms with Crippen molar-refractivity contribution in [1.82, 2.24) is 9.29 Å². The number of carbonyl (C=O) groups is 2. The summed E-state index contributed by atoms with van der Waals surface area (Å²) in [6.07, 6.45) is 0. The summed E-state index contributed by atoms with van der Waals surface area (Å²) in [5.74, 6) is -1.26. The molecule has 0 aliphatic rings. The van der Waals surface area contributed by atoms with Gasteiger partial charge in [-0.15, -0.1) is 0 Å². The van der Waals surface area contributed by atoms with E-state index in [-0.39, 0.29) is 10.6 Å². The van der Waals surface area contributed by atoms with Crippen molar-refractivity contribution in [3.63, 3.8) is 0 Å². The van der Waals surface area contributed by atoms with E-state index in [1.807, 2.05) is 18.2 Å². The van der Waals surface area contributed by atoms with Crippen LogP contribution in [0.5, 0.6) is 0 Å². The van der Waals surface area contributed by atoms with Crippen molar-refractivity contribution in [3.8, 4) is 0 Å². The van der Waals surface area contributed by atoms with Crippen LogP contribution in [0, 0.1) is 0 Å². The number of amides is 1. The average Bonchev–Trinajstić information content (AvgIpc) is 2.72. The fourth-order valence-corrected chi connectivity index (χ4v) is 3.40. The van der Waals surface area contributed by atoms with E-state index in [2.05, 4.69) is 10.3 Å². The maximum absolute atomic E-state index is 12.1. The number of benzene rings is 2. The SMILES string of the molecule is CN(C)S(=O)(=O)c1ccc(NC(=O)COC(=O)c2ccc3ccccc3n2)cc1. The van der Waals surface area contributed by atoms with Crippen LogP contribution < -0.4 is 5.32 Å². The van der Waals surface area contributed by atoms with E-state index in [4.69, 9.17) is 4.74 Å². The molecule has 8 nitrogen and oxygen atoms in total. The number of para-hydroxylation sites is 1. The van der Waals surface area contributed by atoms with Crippen molar-refractivity contribution in [1.29, 1.82) is 0 Å². The van der Waals surface area contributed by atoms with Crippen LogP contribution >= 0.6 is 0 Å². The number of esters is 1. The Kier molecular flexibility index (Phi) is 5.90. The number of nitrogens with one attached hydrogen (secondary N) is 1. The number of hydrogen-bond donors (Lipinski definition) is 1. The molecule has 0 radical (unpaired) electrons. The quantitative estimate of drug-likeness (QED) is 0.622. The molecule has 150 valence electrons. The van der Waals surface area contributed by atoms with Gasteiger partial charge in [-0.2, -0.15) is 0 Å². The number of sulfonamides is 1. The first-order valence-electron chi connectivity index (χ1n) is 8.63. The van der Waals surface area contributed by atoms with E-state index in [9.17, 15) is 18.0 Å². The minimum atomic E-state index is -3.55. The maximum atomic E-state index is 12.1. The van der Waals surface area contributed by atoms with Gasteiger partial charge in [-0.25, -0.2) is 22.5 Å². The van der Waals surface area contributed by atoms with Gasteiger partial charge in [-0.1, -0.05) is 24.3 Å². The molecular formula is C20H19N3O5S. The molecule has 0 aliphatic heterocycles. The molecule has 0 spiro atoms. The third-order valence-corrected chi connectivity index (χ3v) is 5.89. The number of pyridine rings is 1. The molecule has 3 rings (SSSR count). The van der Waals surface area contributed by atoms with Gasteiger partial charge in [0.1, 0.15) is 5.69 Å². The lowest BCUT2D eigenvalue weighted by Gasteiger charge is -2.12. The molecule has 0 saturated heterocycles. The molecule has 1 aromatic heterocycles. The number of fused-ring (bicyclic) bond motifs is 1. The first kappa shape index (κ1) is 20.4. The Labute approximate surface area is 168 Å². The molecule has 0 atom stereocenters. The zero-order valence-corrected chi connectivity index (χ0v) is 16.6. The Morgan fingerprint density at radius 2 is 1.69 bits per heavy atom. The summed E-state index contributed by atoms with van der Waals surface area (Å²) < 4.78 is 30.2. The summed E-state index contributed by atoms with van der Waals surface area (Å²) in [6.45, 7) is -0.495. The summed E-state index contributed by atoms with van der Waals surface area (Å²) in [5.41, 5.74) is 1.14. The van der Waals surface area contributed by atoms with Gasteiger partial charge >= 0.3 is 5.97 Å². The molecule has 1 amide bonds. The van der Waals surface area contributed by atoms with Crippen LogP contribution in [-0.4, -0.2) is 50.3 Å². The molecular weight excluding hydrogens is 394 g/mol. The maximum Gasteiger partial charge on any atom is 0.357 e. The zero-order chi connectivity index (χ0) is 21.0. The zero-order valence-electron chi connectivity index (χ0n) is 15.8. The lowest BCUT2D eigenvalue weighted by atomic mass is 10.2. The number of carbonyl (C=O) groups excluding carboxylic acids is 2. The van der Waals surface area contributed by atoms with E-state index >= 15 is 0 Å². The van der Waals surface area contributed by atoms with Crippen LogP contribution in [-0.2, 0) is 19.6 Å². The molecule has 29 heavy (non-hydrogen) atoms. The third kappa shape index (κ3) is 4.76. The van der Waals surface area contributed by atoms with Crippen molar-refractivity contribution in [3.05, 3.63) is 66.4 Å². The van der Waals surface area contributed by atoms with E-state index < -0.39 is 28.5 Å². The summed E-state index contributed by atoms with van der Waals surface area (Å²) >= 11 is 0. The van der Waals surface area contributed by atoms with Gasteiger partial charge in [0.2, 0.25) is 10.0 Å². The number of rotatable bonds is 6. The fraction of sp³-hybridized carbons (Fsp3) is 0.150. The molecule has 2 aromatic carbocycles. The van der Waals surface area contributed by atoms with Gasteiger partial charge in [0.05, 0.1) is 10.4 Å². The normalized spacial score (nSPS) is 11.4. The van der Waals surface area contributed by atoms with Crippen LogP contribution in [0.2, 0.25) is 0 Å². The fourth-order valence-electron chi connectivity index (χ4n) is 2.50. The number of hydrogen-bond acceptors (Lipinski definition) is 6. The van der Waals surface area contributed by atoms with Crippen LogP contribution in [0.1, 0.15) is 10.5 Å². The highest BCUT2D eigenvalue weighted by molar-refractivity contribution is 7.89. The first-order valence-corrected chi connectivity index (χ1v) is 10.1. The average molecular weight is 413 g/mol. The Bertz CT molecular complexity index is 1160. The largest absolute Gasteiger partial charge is 0.451 e. The highest BCUT2D eigenvalue weighted by Gasteiger charge is 2.17. The van der Waals surface area contributed by atoms with Gasteiger partial charge in [0.25, 0.3) is 5.91 Å². The monoisotopic (exact) mass is 413 g/mol. The molecule has 0 fully saturated rings. The topological polar surface area (TPSA) is 106 Å². The molecule has 9 heteroatoms. The van der Waals surface area contributed by atoms with Crippen LogP contribution in [0.25, 0.3) is 10.9 Å². The molecule has 0 saturated carbocycles.